The van der Waals surface area contributed by atoms with Crippen molar-refractivity contribution in [3.8, 4) is 0 Å². The van der Waals surface area contributed by atoms with Gasteiger partial charge in [0.05, 0.1) is 11.4 Å². The van der Waals surface area contributed by atoms with Crippen LogP contribution in [0.4, 0.5) is 4.39 Å². The highest BCUT2D eigenvalue weighted by molar-refractivity contribution is 7.99. The molecule has 21 heavy (non-hydrogen) atoms. The number of thioether (sulfide) groups is 1. The van der Waals surface area contributed by atoms with E-state index in [2.05, 4.69) is 10.5 Å². The molecule has 0 aliphatic carbocycles. The lowest BCUT2D eigenvalue weighted by Crippen LogP contribution is -2.25. The Kier molecular flexibility index (Phi) is 5.38. The number of nitrogens with zero attached hydrogens (tertiary/aromatic N) is 1. The Morgan fingerprint density at radius 3 is 2.81 bits per heavy atom. The van der Waals surface area contributed by atoms with Gasteiger partial charge in [-0.25, -0.2) is 4.39 Å². The van der Waals surface area contributed by atoms with Crippen LogP contribution in [-0.2, 0) is 17.1 Å². The topological polar surface area (TPSA) is 55.1 Å². The molecule has 0 atom stereocenters. The number of hydrogen-bond acceptors (Lipinski definition) is 4. The summed E-state index contributed by atoms with van der Waals surface area (Å²) in [6.07, 6.45) is 0. The first-order valence-corrected chi connectivity index (χ1v) is 7.73. The lowest BCUT2D eigenvalue weighted by Gasteiger charge is -2.06. The summed E-state index contributed by atoms with van der Waals surface area (Å²) in [5.41, 5.74) is 2.37. The van der Waals surface area contributed by atoms with E-state index in [9.17, 15) is 9.18 Å². The Morgan fingerprint density at radius 2 is 2.14 bits per heavy atom. The molecule has 0 aliphatic heterocycles. The SMILES string of the molecule is Cc1noc(C)c1CSCC(=O)NCc1ccccc1F. The molecule has 1 aromatic carbocycles. The van der Waals surface area contributed by atoms with Gasteiger partial charge in [-0.3, -0.25) is 4.79 Å². The van der Waals surface area contributed by atoms with Gasteiger partial charge in [-0.2, -0.15) is 0 Å². The molecule has 112 valence electrons. The number of aromatic nitrogens is 1. The van der Waals surface area contributed by atoms with E-state index < -0.39 is 0 Å². The first-order chi connectivity index (χ1) is 10.1. The van der Waals surface area contributed by atoms with E-state index in [1.165, 1.54) is 17.8 Å². The molecular formula is C15H17FN2O2S. The fourth-order valence-electron chi connectivity index (χ4n) is 1.84. The largest absolute Gasteiger partial charge is 0.361 e. The van der Waals surface area contributed by atoms with Gasteiger partial charge in [0, 0.05) is 23.4 Å². The highest BCUT2D eigenvalue weighted by Crippen LogP contribution is 2.19. The van der Waals surface area contributed by atoms with Crippen LogP contribution in [0.5, 0.6) is 0 Å². The molecule has 0 aliphatic rings. The second-order valence-corrected chi connectivity index (χ2v) is 5.65. The van der Waals surface area contributed by atoms with Gasteiger partial charge in [-0.1, -0.05) is 23.4 Å². The Bertz CT molecular complexity index is 608. The number of benzene rings is 1. The van der Waals surface area contributed by atoms with Crippen molar-refractivity contribution in [2.24, 2.45) is 0 Å². The van der Waals surface area contributed by atoms with Crippen LogP contribution in [0.15, 0.2) is 28.8 Å². The molecule has 0 saturated heterocycles. The molecule has 0 fully saturated rings. The molecule has 0 bridgehead atoms. The van der Waals surface area contributed by atoms with Crippen LogP contribution >= 0.6 is 11.8 Å². The summed E-state index contributed by atoms with van der Waals surface area (Å²) >= 11 is 1.48. The van der Waals surface area contributed by atoms with E-state index in [0.29, 0.717) is 17.1 Å². The molecular weight excluding hydrogens is 291 g/mol. The van der Waals surface area contributed by atoms with Gasteiger partial charge in [0.1, 0.15) is 11.6 Å². The minimum Gasteiger partial charge on any atom is -0.361 e. The van der Waals surface area contributed by atoms with E-state index in [4.69, 9.17) is 4.52 Å². The molecule has 0 radical (unpaired) electrons. The van der Waals surface area contributed by atoms with Crippen molar-refractivity contribution < 1.29 is 13.7 Å². The molecule has 1 amide bonds. The van der Waals surface area contributed by atoms with Gasteiger partial charge < -0.3 is 9.84 Å². The highest BCUT2D eigenvalue weighted by atomic mass is 32.2. The Morgan fingerprint density at radius 1 is 1.38 bits per heavy atom. The van der Waals surface area contributed by atoms with Crippen LogP contribution in [0, 0.1) is 19.7 Å². The van der Waals surface area contributed by atoms with E-state index in [0.717, 1.165) is 17.0 Å². The minimum absolute atomic E-state index is 0.116. The molecule has 4 nitrogen and oxygen atoms in total. The number of nitrogens with one attached hydrogen (secondary N) is 1. The fourth-order valence-corrected chi connectivity index (χ4v) is 2.85. The highest BCUT2D eigenvalue weighted by Gasteiger charge is 2.10. The van der Waals surface area contributed by atoms with Crippen molar-refractivity contribution in [1.82, 2.24) is 10.5 Å². The maximum absolute atomic E-state index is 13.4. The maximum atomic E-state index is 13.4. The average Bonchev–Trinajstić information content (AvgIpc) is 2.78. The average molecular weight is 308 g/mol. The number of aryl methyl sites for hydroxylation is 2. The van der Waals surface area contributed by atoms with Crippen molar-refractivity contribution in [3.63, 3.8) is 0 Å². The van der Waals surface area contributed by atoms with E-state index >= 15 is 0 Å². The molecule has 6 heteroatoms. The van der Waals surface area contributed by atoms with Crippen molar-refractivity contribution in [3.05, 3.63) is 52.7 Å². The number of carbonyl (C=O) groups is 1. The monoisotopic (exact) mass is 308 g/mol. The van der Waals surface area contributed by atoms with Gasteiger partial charge in [0.15, 0.2) is 0 Å². The number of amides is 1. The lowest BCUT2D eigenvalue weighted by atomic mass is 10.2. The number of rotatable bonds is 6. The summed E-state index contributed by atoms with van der Waals surface area (Å²) in [7, 11) is 0. The van der Waals surface area contributed by atoms with Crippen LogP contribution < -0.4 is 5.32 Å². The fraction of sp³-hybridized carbons (Fsp3) is 0.333. The van der Waals surface area contributed by atoms with Crippen molar-refractivity contribution in [1.29, 1.82) is 0 Å². The van der Waals surface area contributed by atoms with E-state index in [1.807, 2.05) is 13.8 Å². The summed E-state index contributed by atoms with van der Waals surface area (Å²) in [4.78, 5) is 11.7. The smallest absolute Gasteiger partial charge is 0.230 e. The molecule has 1 aromatic heterocycles. The zero-order valence-corrected chi connectivity index (χ0v) is 12.8. The summed E-state index contributed by atoms with van der Waals surface area (Å²) in [5, 5.41) is 6.58. The van der Waals surface area contributed by atoms with Crippen LogP contribution in [0.3, 0.4) is 0 Å². The zero-order valence-electron chi connectivity index (χ0n) is 12.0. The first kappa shape index (κ1) is 15.6. The third-order valence-corrected chi connectivity index (χ3v) is 4.05. The van der Waals surface area contributed by atoms with Crippen LogP contribution in [0.25, 0.3) is 0 Å². The summed E-state index contributed by atoms with van der Waals surface area (Å²) < 4.78 is 18.5. The molecule has 0 unspecified atom stereocenters. The Hall–Kier alpha value is -1.82. The Labute approximate surface area is 127 Å². The van der Waals surface area contributed by atoms with E-state index in [-0.39, 0.29) is 18.3 Å². The standard InChI is InChI=1S/C15H17FN2O2S/c1-10-13(11(2)20-18-10)8-21-9-15(19)17-7-12-5-3-4-6-14(12)16/h3-6H,7-9H2,1-2H3,(H,17,19). The first-order valence-electron chi connectivity index (χ1n) is 6.57. The quantitative estimate of drug-likeness (QED) is 0.891. The Balaban J connectivity index is 1.74. The predicted octanol–water partition coefficient (Wildman–Crippen LogP) is 2.98. The molecule has 1 N–H and O–H groups in total. The van der Waals surface area contributed by atoms with Crippen molar-refractivity contribution in [2.45, 2.75) is 26.1 Å². The number of halogens is 1. The van der Waals surface area contributed by atoms with Gasteiger partial charge >= 0.3 is 0 Å². The minimum atomic E-state index is -0.304. The third-order valence-electron chi connectivity index (χ3n) is 3.09. The molecule has 2 rings (SSSR count). The summed E-state index contributed by atoms with van der Waals surface area (Å²) in [6.45, 7) is 3.94. The van der Waals surface area contributed by atoms with Crippen molar-refractivity contribution >= 4 is 17.7 Å². The van der Waals surface area contributed by atoms with E-state index in [1.54, 1.807) is 18.2 Å². The molecule has 2 aromatic rings. The van der Waals surface area contributed by atoms with Crippen LogP contribution in [0.1, 0.15) is 22.6 Å². The predicted molar refractivity (Wildman–Crippen MR) is 80.4 cm³/mol. The molecule has 0 saturated carbocycles. The number of hydrogen-bond donors (Lipinski definition) is 1. The third kappa shape index (κ3) is 4.32. The van der Waals surface area contributed by atoms with Crippen LogP contribution in [0.2, 0.25) is 0 Å². The van der Waals surface area contributed by atoms with Gasteiger partial charge in [0.25, 0.3) is 0 Å². The van der Waals surface area contributed by atoms with Gasteiger partial charge in [0.2, 0.25) is 5.91 Å². The summed E-state index contributed by atoms with van der Waals surface area (Å²) in [5.74, 6) is 1.36. The maximum Gasteiger partial charge on any atom is 0.230 e. The second-order valence-electron chi connectivity index (χ2n) is 4.66. The van der Waals surface area contributed by atoms with Crippen LogP contribution in [-0.4, -0.2) is 16.8 Å². The second kappa shape index (κ2) is 7.26. The summed E-state index contributed by atoms with van der Waals surface area (Å²) in [6, 6.07) is 6.41. The normalized spacial score (nSPS) is 10.6. The number of carbonyl (C=O) groups excluding carboxylic acids is 1. The van der Waals surface area contributed by atoms with Gasteiger partial charge in [-0.15, -0.1) is 11.8 Å². The van der Waals surface area contributed by atoms with Gasteiger partial charge in [-0.05, 0) is 19.9 Å². The lowest BCUT2D eigenvalue weighted by molar-refractivity contribution is -0.118. The molecule has 1 heterocycles. The molecule has 0 spiro atoms. The zero-order chi connectivity index (χ0) is 15.2. The van der Waals surface area contributed by atoms with Crippen molar-refractivity contribution in [2.75, 3.05) is 5.75 Å².